The number of rotatable bonds is 4. The molecule has 0 saturated carbocycles. The van der Waals surface area contributed by atoms with Crippen molar-refractivity contribution in [2.45, 2.75) is 25.1 Å². The number of likely N-dealkylation sites (N-methyl/N-ethyl adjacent to an activating group) is 1. The van der Waals surface area contributed by atoms with Crippen LogP contribution in [0.2, 0.25) is 0 Å². The van der Waals surface area contributed by atoms with Crippen LogP contribution in [-0.4, -0.2) is 56.9 Å². The third kappa shape index (κ3) is 3.77. The molecule has 1 aromatic heterocycles. The van der Waals surface area contributed by atoms with E-state index >= 15 is 0 Å². The van der Waals surface area contributed by atoms with Gasteiger partial charge in [0.05, 0.1) is 12.1 Å². The van der Waals surface area contributed by atoms with Crippen molar-refractivity contribution in [3.63, 3.8) is 0 Å². The summed E-state index contributed by atoms with van der Waals surface area (Å²) in [5, 5.41) is 19.4. The van der Waals surface area contributed by atoms with E-state index < -0.39 is 18.2 Å². The molecule has 1 heterocycles. The highest BCUT2D eigenvalue weighted by Crippen LogP contribution is 2.31. The number of aromatic nitrogens is 3. The minimum Gasteiger partial charge on any atom is -0.390 e. The zero-order chi connectivity index (χ0) is 18.0. The van der Waals surface area contributed by atoms with E-state index in [1.165, 1.54) is 15.9 Å². The van der Waals surface area contributed by atoms with Crippen LogP contribution in [0.15, 0.2) is 30.6 Å². The third-order valence-electron chi connectivity index (χ3n) is 4.05. The van der Waals surface area contributed by atoms with Crippen LogP contribution in [0.4, 0.5) is 10.7 Å². The summed E-state index contributed by atoms with van der Waals surface area (Å²) in [6.07, 6.45) is 1.20. The third-order valence-corrected chi connectivity index (χ3v) is 4.05. The van der Waals surface area contributed by atoms with Crippen LogP contribution < -0.4 is 10.6 Å². The van der Waals surface area contributed by atoms with Gasteiger partial charge in [0, 0.05) is 20.5 Å². The van der Waals surface area contributed by atoms with Gasteiger partial charge in [-0.2, -0.15) is 0 Å². The van der Waals surface area contributed by atoms with E-state index in [9.17, 15) is 14.7 Å². The second kappa shape index (κ2) is 6.89. The molecule has 3 N–H and O–H groups in total. The first-order valence-electron chi connectivity index (χ1n) is 7.87. The number of nitrogens with one attached hydrogen (secondary N) is 2. The molecule has 0 aliphatic heterocycles. The first-order valence-corrected chi connectivity index (χ1v) is 7.87. The maximum Gasteiger partial charge on any atom is 0.322 e. The van der Waals surface area contributed by atoms with Crippen molar-refractivity contribution < 1.29 is 14.7 Å². The quantitative estimate of drug-likeness (QED) is 0.731. The SMILES string of the molecule is CN(C)C(=O)Cn1cnc(NC(=O)N[C@H]2c3ccccc3C[C@H]2O)n1. The van der Waals surface area contributed by atoms with Crippen molar-refractivity contribution in [1.82, 2.24) is 25.0 Å². The number of fused-ring (bicyclic) bond motifs is 1. The Bertz CT molecular complexity index is 788. The minimum absolute atomic E-state index is 0.0397. The van der Waals surface area contributed by atoms with E-state index in [4.69, 9.17) is 0 Å². The summed E-state index contributed by atoms with van der Waals surface area (Å²) in [6, 6.07) is 6.60. The minimum atomic E-state index is -0.675. The van der Waals surface area contributed by atoms with Crippen LogP contribution in [0.3, 0.4) is 0 Å². The molecule has 3 amide bonds. The number of anilines is 1. The molecule has 9 nitrogen and oxygen atoms in total. The molecule has 0 radical (unpaired) electrons. The van der Waals surface area contributed by atoms with E-state index in [1.54, 1.807) is 14.1 Å². The Morgan fingerprint density at radius 2 is 2.12 bits per heavy atom. The molecule has 0 spiro atoms. The smallest absolute Gasteiger partial charge is 0.322 e. The first-order chi connectivity index (χ1) is 11.9. The summed E-state index contributed by atoms with van der Waals surface area (Å²) in [6.45, 7) is 0.0397. The van der Waals surface area contributed by atoms with Crippen molar-refractivity contribution in [2.75, 3.05) is 19.4 Å². The van der Waals surface area contributed by atoms with Crippen molar-refractivity contribution in [1.29, 1.82) is 0 Å². The highest BCUT2D eigenvalue weighted by Gasteiger charge is 2.32. The Hall–Kier alpha value is -2.94. The van der Waals surface area contributed by atoms with Crippen LogP contribution in [0.25, 0.3) is 0 Å². The Balaban J connectivity index is 1.60. The highest BCUT2D eigenvalue weighted by atomic mass is 16.3. The van der Waals surface area contributed by atoms with Gasteiger partial charge in [0.1, 0.15) is 12.9 Å². The predicted octanol–water partition coefficient (Wildman–Crippen LogP) is 0.146. The molecule has 1 aromatic carbocycles. The Morgan fingerprint density at radius 1 is 1.36 bits per heavy atom. The highest BCUT2D eigenvalue weighted by molar-refractivity contribution is 5.87. The van der Waals surface area contributed by atoms with E-state index in [0.717, 1.165) is 11.1 Å². The molecule has 1 aliphatic rings. The van der Waals surface area contributed by atoms with Gasteiger partial charge in [0.15, 0.2) is 0 Å². The summed E-state index contributed by atoms with van der Waals surface area (Å²) in [4.78, 5) is 29.2. The number of amides is 3. The lowest BCUT2D eigenvalue weighted by Gasteiger charge is -2.17. The second-order valence-electron chi connectivity index (χ2n) is 6.10. The number of hydrogen-bond donors (Lipinski definition) is 3. The van der Waals surface area contributed by atoms with Gasteiger partial charge in [0.25, 0.3) is 0 Å². The molecular formula is C16H20N6O3. The lowest BCUT2D eigenvalue weighted by Crippen LogP contribution is -2.37. The molecular weight excluding hydrogens is 324 g/mol. The van der Waals surface area contributed by atoms with Crippen molar-refractivity contribution in [3.05, 3.63) is 41.7 Å². The zero-order valence-corrected chi connectivity index (χ0v) is 14.0. The van der Waals surface area contributed by atoms with Gasteiger partial charge < -0.3 is 15.3 Å². The molecule has 3 rings (SSSR count). The van der Waals surface area contributed by atoms with Crippen LogP contribution in [0.5, 0.6) is 0 Å². The van der Waals surface area contributed by atoms with Gasteiger partial charge in [-0.05, 0) is 11.1 Å². The molecule has 25 heavy (non-hydrogen) atoms. The number of aliphatic hydroxyl groups excluding tert-OH is 1. The standard InChI is InChI=1S/C16H20N6O3/c1-21(2)13(24)8-22-9-17-15(20-22)19-16(25)18-14-11-6-4-3-5-10(11)7-12(14)23/h3-6,9,12,14,23H,7-8H2,1-2H3,(H2,18,19,20,25)/t12-,14+/m1/s1. The Morgan fingerprint density at radius 3 is 2.88 bits per heavy atom. The molecule has 2 aromatic rings. The molecule has 0 bridgehead atoms. The first kappa shape index (κ1) is 16.9. The number of nitrogens with zero attached hydrogens (tertiary/aromatic N) is 4. The normalized spacial score (nSPS) is 18.5. The maximum absolute atomic E-state index is 12.2. The average Bonchev–Trinajstić information content (AvgIpc) is 3.12. The topological polar surface area (TPSA) is 112 Å². The summed E-state index contributed by atoms with van der Waals surface area (Å²) in [7, 11) is 3.30. The zero-order valence-electron chi connectivity index (χ0n) is 14.0. The predicted molar refractivity (Wildman–Crippen MR) is 89.8 cm³/mol. The van der Waals surface area contributed by atoms with Gasteiger partial charge in [-0.1, -0.05) is 24.3 Å². The van der Waals surface area contributed by atoms with Crippen LogP contribution >= 0.6 is 0 Å². The molecule has 0 saturated heterocycles. The number of aliphatic hydroxyl groups is 1. The Kier molecular flexibility index (Phi) is 4.66. The second-order valence-corrected chi connectivity index (χ2v) is 6.10. The molecule has 1 aliphatic carbocycles. The maximum atomic E-state index is 12.2. The fourth-order valence-electron chi connectivity index (χ4n) is 2.73. The van der Waals surface area contributed by atoms with Gasteiger partial charge in [0.2, 0.25) is 11.9 Å². The monoisotopic (exact) mass is 344 g/mol. The number of urea groups is 1. The van der Waals surface area contributed by atoms with Crippen molar-refractivity contribution >= 4 is 17.9 Å². The van der Waals surface area contributed by atoms with Crippen LogP contribution in [0, 0.1) is 0 Å². The van der Waals surface area contributed by atoms with E-state index in [-0.39, 0.29) is 18.4 Å². The van der Waals surface area contributed by atoms with Crippen molar-refractivity contribution in [2.24, 2.45) is 0 Å². The van der Waals surface area contributed by atoms with Crippen molar-refractivity contribution in [3.8, 4) is 0 Å². The molecule has 9 heteroatoms. The molecule has 132 valence electrons. The van der Waals surface area contributed by atoms with Gasteiger partial charge in [-0.15, -0.1) is 5.10 Å². The lowest BCUT2D eigenvalue weighted by atomic mass is 10.1. The molecule has 0 fully saturated rings. The Labute approximate surface area is 144 Å². The fourth-order valence-corrected chi connectivity index (χ4v) is 2.73. The van der Waals surface area contributed by atoms with E-state index in [2.05, 4.69) is 20.7 Å². The average molecular weight is 344 g/mol. The van der Waals surface area contributed by atoms with Gasteiger partial charge in [-0.25, -0.2) is 14.5 Å². The van der Waals surface area contributed by atoms with Gasteiger partial charge >= 0.3 is 6.03 Å². The molecule has 0 unspecified atom stereocenters. The summed E-state index contributed by atoms with van der Waals surface area (Å²) < 4.78 is 1.34. The van der Waals surface area contributed by atoms with E-state index in [1.807, 2.05) is 24.3 Å². The summed E-state index contributed by atoms with van der Waals surface area (Å²) in [5.74, 6) is -0.0450. The largest absolute Gasteiger partial charge is 0.390 e. The van der Waals surface area contributed by atoms with Gasteiger partial charge in [-0.3, -0.25) is 10.1 Å². The number of carbonyl (C=O) groups is 2. The number of benzene rings is 1. The molecule has 2 atom stereocenters. The van der Waals surface area contributed by atoms with Crippen LogP contribution in [-0.2, 0) is 17.8 Å². The van der Waals surface area contributed by atoms with Crippen LogP contribution in [0.1, 0.15) is 17.2 Å². The summed E-state index contributed by atoms with van der Waals surface area (Å²) in [5.41, 5.74) is 1.92. The number of carbonyl (C=O) groups excluding carboxylic acids is 2. The van der Waals surface area contributed by atoms with E-state index in [0.29, 0.717) is 6.42 Å². The summed E-state index contributed by atoms with van der Waals surface area (Å²) >= 11 is 0. The fraction of sp³-hybridized carbons (Fsp3) is 0.375. The number of hydrogen-bond acceptors (Lipinski definition) is 5. The lowest BCUT2D eigenvalue weighted by molar-refractivity contribution is -0.129.